The molecule has 0 unspecified atom stereocenters. The van der Waals surface area contributed by atoms with E-state index >= 15 is 0 Å². The Morgan fingerprint density at radius 2 is 0.333 bits per heavy atom. The molecule has 0 heterocycles. The predicted octanol–water partition coefficient (Wildman–Crippen LogP) is 8.92. The smallest absolute Gasteiger partial charge is 0 e. The fourth-order valence-corrected chi connectivity index (χ4v) is 2.83. The third kappa shape index (κ3) is 39.0. The Morgan fingerprint density at radius 1 is 0.292 bits per heavy atom. The van der Waals surface area contributed by atoms with E-state index in [4.69, 9.17) is 0 Å². The summed E-state index contributed by atoms with van der Waals surface area (Å²) >= 11 is 0. The summed E-state index contributed by atoms with van der Waals surface area (Å²) < 4.78 is 0. The molecule has 0 aromatic rings. The number of hydrogen-bond acceptors (Lipinski definition) is 0. The van der Waals surface area contributed by atoms with E-state index in [1.807, 2.05) is 27.7 Å². The summed E-state index contributed by atoms with van der Waals surface area (Å²) in [6.45, 7) is 8.00. The summed E-state index contributed by atoms with van der Waals surface area (Å²) in [6.07, 6.45) is 24.0. The van der Waals surface area contributed by atoms with Crippen LogP contribution >= 0.6 is 0 Å². The van der Waals surface area contributed by atoms with Crippen molar-refractivity contribution in [2.45, 2.75) is 130 Å². The molecule has 24 heavy (non-hydrogen) atoms. The van der Waals surface area contributed by atoms with Crippen molar-refractivity contribution in [2.75, 3.05) is 0 Å². The SMILES string of the molecule is C1CCCCCCC1.C1CCCCCCC1.CC.CC.[CH3-].[CH3-].[RuH+2].[Y]. The average Bonchev–Trinajstić information content (AvgIpc) is 2.42. The molecular formula is C22H51RuY. The van der Waals surface area contributed by atoms with Crippen LogP contribution in [-0.2, 0) is 52.2 Å². The van der Waals surface area contributed by atoms with E-state index in [0.29, 0.717) is 0 Å². The first-order valence-corrected chi connectivity index (χ1v) is 10.0. The van der Waals surface area contributed by atoms with E-state index in [0.717, 1.165) is 0 Å². The van der Waals surface area contributed by atoms with Gasteiger partial charge in [0.15, 0.2) is 0 Å². The Kier molecular flexibility index (Phi) is 74.6. The van der Waals surface area contributed by atoms with Crippen molar-refractivity contribution in [3.8, 4) is 0 Å². The summed E-state index contributed by atoms with van der Waals surface area (Å²) in [4.78, 5) is 0. The van der Waals surface area contributed by atoms with E-state index in [1.54, 1.807) is 0 Å². The Bertz CT molecular complexity index is 75.9. The summed E-state index contributed by atoms with van der Waals surface area (Å²) in [5.74, 6) is 0. The number of hydrogen-bond donors (Lipinski definition) is 0. The topological polar surface area (TPSA) is 0 Å². The molecule has 2 heteroatoms. The van der Waals surface area contributed by atoms with Crippen molar-refractivity contribution in [2.24, 2.45) is 0 Å². The van der Waals surface area contributed by atoms with Gasteiger partial charge < -0.3 is 14.9 Å². The quantitative estimate of drug-likeness (QED) is 0.228. The largest absolute Gasteiger partial charge is 0 e. The van der Waals surface area contributed by atoms with Gasteiger partial charge in [-0.1, -0.05) is 130 Å². The molecule has 2 rings (SSSR count). The van der Waals surface area contributed by atoms with Crippen molar-refractivity contribution in [3.05, 3.63) is 14.9 Å². The Hall–Kier alpha value is 1.73. The molecule has 0 atom stereocenters. The maximum Gasteiger partial charge on any atom is 0 e. The Labute approximate surface area is 196 Å². The van der Waals surface area contributed by atoms with Crippen LogP contribution in [0.25, 0.3) is 0 Å². The van der Waals surface area contributed by atoms with Crippen LogP contribution in [0.1, 0.15) is 130 Å². The first-order valence-electron chi connectivity index (χ1n) is 10.0. The van der Waals surface area contributed by atoms with Crippen LogP contribution < -0.4 is 0 Å². The molecule has 2 saturated carbocycles. The van der Waals surface area contributed by atoms with E-state index in [-0.39, 0.29) is 67.0 Å². The molecule has 2 fully saturated rings. The molecule has 150 valence electrons. The van der Waals surface area contributed by atoms with Gasteiger partial charge in [0.25, 0.3) is 0 Å². The first kappa shape index (κ1) is 40.4. The maximum absolute atomic E-state index is 2.00. The molecule has 0 bridgehead atoms. The van der Waals surface area contributed by atoms with Gasteiger partial charge in [-0.15, -0.1) is 0 Å². The molecule has 2 aliphatic carbocycles. The van der Waals surface area contributed by atoms with Crippen molar-refractivity contribution >= 4 is 0 Å². The second kappa shape index (κ2) is 44.3. The van der Waals surface area contributed by atoms with Crippen LogP contribution in [0, 0.1) is 14.9 Å². The second-order valence-electron chi connectivity index (χ2n) is 5.66. The summed E-state index contributed by atoms with van der Waals surface area (Å²) in [7, 11) is 0. The van der Waals surface area contributed by atoms with Crippen LogP contribution in [0.2, 0.25) is 0 Å². The van der Waals surface area contributed by atoms with E-state index in [2.05, 4.69) is 0 Å². The normalized spacial score (nSPS) is 16.5. The molecule has 1 radical (unpaired) electrons. The Balaban J connectivity index is -0.0000000491. The minimum atomic E-state index is 0. The van der Waals surface area contributed by atoms with Crippen LogP contribution in [0.5, 0.6) is 0 Å². The van der Waals surface area contributed by atoms with Gasteiger partial charge in [0.05, 0.1) is 0 Å². The zero-order valence-corrected chi connectivity index (χ0v) is 23.0. The fraction of sp³-hybridized carbons (Fsp3) is 0.909. The summed E-state index contributed by atoms with van der Waals surface area (Å²) in [5.41, 5.74) is 0. The minimum Gasteiger partial charge on any atom is 0 e. The molecule has 0 aliphatic heterocycles. The van der Waals surface area contributed by atoms with E-state index in [9.17, 15) is 0 Å². The van der Waals surface area contributed by atoms with Gasteiger partial charge in [-0.3, -0.25) is 0 Å². The average molecular weight is 506 g/mol. The van der Waals surface area contributed by atoms with Crippen molar-refractivity contribution in [1.29, 1.82) is 0 Å². The summed E-state index contributed by atoms with van der Waals surface area (Å²) in [5, 5.41) is 0. The zero-order valence-electron chi connectivity index (χ0n) is 18.3. The van der Waals surface area contributed by atoms with Gasteiger partial charge in [-0.2, -0.15) is 0 Å². The Morgan fingerprint density at radius 3 is 0.375 bits per heavy atom. The van der Waals surface area contributed by atoms with Crippen molar-refractivity contribution in [3.63, 3.8) is 0 Å². The molecule has 0 spiro atoms. The minimum absolute atomic E-state index is 0. The van der Waals surface area contributed by atoms with Crippen molar-refractivity contribution in [1.82, 2.24) is 0 Å². The molecule has 0 aromatic carbocycles. The maximum atomic E-state index is 2.00. The van der Waals surface area contributed by atoms with Crippen molar-refractivity contribution < 1.29 is 52.2 Å². The van der Waals surface area contributed by atoms with Gasteiger partial charge in [0.2, 0.25) is 0 Å². The van der Waals surface area contributed by atoms with Gasteiger partial charge in [0, 0.05) is 32.7 Å². The molecule has 0 nitrogen and oxygen atoms in total. The second-order valence-corrected chi connectivity index (χ2v) is 5.66. The summed E-state index contributed by atoms with van der Waals surface area (Å²) in [6, 6.07) is 0. The molecule has 2 aliphatic rings. The molecule has 0 saturated heterocycles. The van der Waals surface area contributed by atoms with Gasteiger partial charge in [-0.25, -0.2) is 0 Å². The standard InChI is InChI=1S/2C8H16.2C2H6.2CH3.Ru.Y.H/c2*1-2-4-6-8-7-5-3-1;2*1-2;;;;;/h2*1-8H2;2*1-2H3;2*1H3;;;/q;;;;2*-1;+2;;. The first-order chi connectivity index (χ1) is 10.0. The van der Waals surface area contributed by atoms with Crippen LogP contribution in [0.15, 0.2) is 0 Å². The monoisotopic (exact) mass is 506 g/mol. The predicted molar refractivity (Wildman–Crippen MR) is 111 cm³/mol. The number of rotatable bonds is 0. The third-order valence-electron chi connectivity index (χ3n) is 4.00. The van der Waals surface area contributed by atoms with Crippen LogP contribution in [-0.4, -0.2) is 0 Å². The fourth-order valence-electron chi connectivity index (χ4n) is 2.83. The van der Waals surface area contributed by atoms with Gasteiger partial charge >= 0.3 is 19.5 Å². The van der Waals surface area contributed by atoms with Gasteiger partial charge in [-0.05, 0) is 0 Å². The zero-order chi connectivity index (χ0) is 15.3. The molecule has 0 amide bonds. The van der Waals surface area contributed by atoms with Gasteiger partial charge in [0.1, 0.15) is 0 Å². The van der Waals surface area contributed by atoms with E-state index < -0.39 is 0 Å². The van der Waals surface area contributed by atoms with E-state index in [1.165, 1.54) is 103 Å². The molecular weight excluding hydrogens is 454 g/mol. The molecule has 0 aromatic heterocycles. The van der Waals surface area contributed by atoms with Crippen LogP contribution in [0.4, 0.5) is 0 Å². The third-order valence-corrected chi connectivity index (χ3v) is 4.00. The molecule has 0 N–H and O–H groups in total. The van der Waals surface area contributed by atoms with Crippen LogP contribution in [0.3, 0.4) is 0 Å².